The predicted molar refractivity (Wildman–Crippen MR) is 103 cm³/mol. The summed E-state index contributed by atoms with van der Waals surface area (Å²) in [6.45, 7) is 10.3. The van der Waals surface area contributed by atoms with E-state index in [1.807, 2.05) is 19.9 Å². The van der Waals surface area contributed by atoms with Crippen LogP contribution in [-0.4, -0.2) is 21.9 Å². The number of aliphatic hydroxyl groups is 1. The maximum atomic E-state index is 10.6. The van der Waals surface area contributed by atoms with Gasteiger partial charge in [0.1, 0.15) is 17.1 Å². The van der Waals surface area contributed by atoms with Crippen molar-refractivity contribution in [3.8, 4) is 11.5 Å². The first-order valence-electron chi connectivity index (χ1n) is 9.20. The van der Waals surface area contributed by atoms with Gasteiger partial charge in [-0.15, -0.1) is 0 Å². The van der Waals surface area contributed by atoms with Crippen LogP contribution in [0.25, 0.3) is 0 Å². The number of rotatable bonds is 6. The van der Waals surface area contributed by atoms with Crippen LogP contribution in [0.5, 0.6) is 11.5 Å². The molecule has 0 bridgehead atoms. The monoisotopic (exact) mass is 344 g/mol. The first kappa shape index (κ1) is 19.6. The number of aryl methyl sites for hydroxylation is 1. The Kier molecular flexibility index (Phi) is 6.34. The Bertz CT molecular complexity index is 668. The fourth-order valence-corrected chi connectivity index (χ4v) is 3.30. The molecule has 3 heteroatoms. The summed E-state index contributed by atoms with van der Waals surface area (Å²) in [5.74, 6) is 0.917. The lowest BCUT2D eigenvalue weighted by atomic mass is 9.85. The molecule has 0 spiro atoms. The fourth-order valence-electron chi connectivity index (χ4n) is 3.30. The van der Waals surface area contributed by atoms with Crippen molar-refractivity contribution in [3.05, 3.63) is 46.6 Å². The summed E-state index contributed by atoms with van der Waals surface area (Å²) in [7, 11) is 0. The van der Waals surface area contributed by atoms with E-state index in [0.29, 0.717) is 17.7 Å². The summed E-state index contributed by atoms with van der Waals surface area (Å²) >= 11 is 0. The van der Waals surface area contributed by atoms with E-state index in [0.717, 1.165) is 31.2 Å². The first-order valence-corrected chi connectivity index (χ1v) is 9.20. The first-order chi connectivity index (χ1) is 11.7. The molecule has 2 N–H and O–H groups in total. The molecule has 0 saturated heterocycles. The van der Waals surface area contributed by atoms with Crippen LogP contribution in [0.2, 0.25) is 0 Å². The van der Waals surface area contributed by atoms with Crippen molar-refractivity contribution >= 4 is 0 Å². The summed E-state index contributed by atoms with van der Waals surface area (Å²) in [5.41, 5.74) is 3.79. The van der Waals surface area contributed by atoms with Crippen LogP contribution in [0.1, 0.15) is 64.5 Å². The summed E-state index contributed by atoms with van der Waals surface area (Å²) in [6, 6.07) is 3.66. The molecule has 1 aliphatic heterocycles. The molecule has 0 amide bonds. The number of aromatic hydroxyl groups is 1. The zero-order valence-electron chi connectivity index (χ0n) is 16.2. The molecule has 1 aromatic rings. The fraction of sp³-hybridized carbons (Fsp3) is 0.545. The molecule has 0 saturated carbocycles. The van der Waals surface area contributed by atoms with Gasteiger partial charge in [0, 0.05) is 12.0 Å². The van der Waals surface area contributed by atoms with Crippen LogP contribution in [0.4, 0.5) is 0 Å². The highest BCUT2D eigenvalue weighted by Crippen LogP contribution is 2.40. The second-order valence-electron chi connectivity index (χ2n) is 7.80. The van der Waals surface area contributed by atoms with Crippen LogP contribution in [0, 0.1) is 6.92 Å². The van der Waals surface area contributed by atoms with E-state index in [2.05, 4.69) is 32.9 Å². The summed E-state index contributed by atoms with van der Waals surface area (Å²) in [5, 5.41) is 20.7. The van der Waals surface area contributed by atoms with Crippen molar-refractivity contribution in [1.29, 1.82) is 0 Å². The Balaban J connectivity index is 2.00. The van der Waals surface area contributed by atoms with E-state index >= 15 is 0 Å². The van der Waals surface area contributed by atoms with Crippen molar-refractivity contribution in [3.63, 3.8) is 0 Å². The van der Waals surface area contributed by atoms with Gasteiger partial charge in [-0.2, -0.15) is 0 Å². The molecule has 2 rings (SSSR count). The Morgan fingerprint density at radius 1 is 1.24 bits per heavy atom. The number of benzene rings is 1. The topological polar surface area (TPSA) is 49.7 Å². The molecule has 2 atom stereocenters. The molecule has 0 aliphatic carbocycles. The molecule has 0 aromatic heterocycles. The van der Waals surface area contributed by atoms with E-state index < -0.39 is 11.7 Å². The van der Waals surface area contributed by atoms with Gasteiger partial charge in [0.15, 0.2) is 0 Å². The zero-order valence-corrected chi connectivity index (χ0v) is 16.2. The number of ether oxygens (including phenoxy) is 1. The highest BCUT2D eigenvalue weighted by molar-refractivity contribution is 5.49. The highest BCUT2D eigenvalue weighted by Gasteiger charge is 2.40. The largest absolute Gasteiger partial charge is 0.508 e. The van der Waals surface area contributed by atoms with Gasteiger partial charge in [-0.3, -0.25) is 0 Å². The van der Waals surface area contributed by atoms with E-state index in [4.69, 9.17) is 4.74 Å². The van der Waals surface area contributed by atoms with E-state index in [9.17, 15) is 10.2 Å². The van der Waals surface area contributed by atoms with E-state index in [1.54, 1.807) is 6.07 Å². The van der Waals surface area contributed by atoms with Crippen molar-refractivity contribution in [2.24, 2.45) is 0 Å². The SMILES string of the molecule is CC(C)=CCCC(C)=CCC[C@@]1(C)Oc2cc(C)cc(O)c2C[C@@H]1O. The number of phenols is 1. The number of phenolic OH excluding ortho intramolecular Hbond substituents is 1. The molecule has 0 radical (unpaired) electrons. The van der Waals surface area contributed by atoms with Crippen molar-refractivity contribution in [2.45, 2.75) is 78.4 Å². The molecule has 0 fully saturated rings. The van der Waals surface area contributed by atoms with Crippen molar-refractivity contribution < 1.29 is 14.9 Å². The lowest BCUT2D eigenvalue weighted by Gasteiger charge is -2.40. The smallest absolute Gasteiger partial charge is 0.133 e. The minimum absolute atomic E-state index is 0.214. The van der Waals surface area contributed by atoms with E-state index in [-0.39, 0.29) is 5.75 Å². The Hall–Kier alpha value is -1.74. The van der Waals surface area contributed by atoms with Crippen molar-refractivity contribution in [1.82, 2.24) is 0 Å². The lowest BCUT2D eigenvalue weighted by Crippen LogP contribution is -2.48. The summed E-state index contributed by atoms with van der Waals surface area (Å²) in [4.78, 5) is 0. The maximum Gasteiger partial charge on any atom is 0.133 e. The molecular formula is C22H32O3. The van der Waals surface area contributed by atoms with Gasteiger partial charge in [-0.05, 0) is 78.0 Å². The van der Waals surface area contributed by atoms with Gasteiger partial charge in [0.05, 0.1) is 6.10 Å². The standard InChI is InChI=1S/C22H32O3/c1-15(2)8-6-9-16(3)10-7-11-22(5)21(24)14-18-19(23)12-17(4)13-20(18)25-22/h8,10,12-13,21,23-24H,6-7,9,11,14H2,1-5H3/t21-,22+/m0/s1. The zero-order chi connectivity index (χ0) is 18.6. The molecule has 1 aromatic carbocycles. The number of allylic oxidation sites excluding steroid dienone is 4. The average molecular weight is 344 g/mol. The van der Waals surface area contributed by atoms with Gasteiger partial charge in [-0.1, -0.05) is 23.3 Å². The third kappa shape index (κ3) is 5.12. The van der Waals surface area contributed by atoms with Crippen LogP contribution in [-0.2, 0) is 6.42 Å². The Morgan fingerprint density at radius 3 is 2.64 bits per heavy atom. The van der Waals surface area contributed by atoms with Crippen molar-refractivity contribution in [2.75, 3.05) is 0 Å². The number of hydrogen-bond acceptors (Lipinski definition) is 3. The van der Waals surface area contributed by atoms with E-state index in [1.165, 1.54) is 11.1 Å². The summed E-state index contributed by atoms with van der Waals surface area (Å²) < 4.78 is 6.14. The molecule has 1 heterocycles. The molecule has 3 nitrogen and oxygen atoms in total. The highest BCUT2D eigenvalue weighted by atomic mass is 16.5. The number of fused-ring (bicyclic) bond motifs is 1. The molecule has 0 unspecified atom stereocenters. The number of aliphatic hydroxyl groups excluding tert-OH is 1. The van der Waals surface area contributed by atoms with Gasteiger partial charge in [-0.25, -0.2) is 0 Å². The minimum atomic E-state index is -0.621. The third-order valence-electron chi connectivity index (χ3n) is 5.00. The van der Waals surface area contributed by atoms with Gasteiger partial charge < -0.3 is 14.9 Å². The quantitative estimate of drug-likeness (QED) is 0.695. The van der Waals surface area contributed by atoms with Crippen LogP contribution >= 0.6 is 0 Å². The second-order valence-corrected chi connectivity index (χ2v) is 7.80. The predicted octanol–water partition coefficient (Wildman–Crippen LogP) is 5.23. The number of hydrogen-bond donors (Lipinski definition) is 2. The summed E-state index contributed by atoms with van der Waals surface area (Å²) in [6.07, 6.45) is 8.11. The molecule has 138 valence electrons. The average Bonchev–Trinajstić information content (AvgIpc) is 2.49. The van der Waals surface area contributed by atoms with Crippen LogP contribution in [0.3, 0.4) is 0 Å². The second kappa shape index (κ2) is 8.09. The maximum absolute atomic E-state index is 10.6. The van der Waals surface area contributed by atoms with Gasteiger partial charge >= 0.3 is 0 Å². The third-order valence-corrected chi connectivity index (χ3v) is 5.00. The van der Waals surface area contributed by atoms with Gasteiger partial charge in [0.2, 0.25) is 0 Å². The lowest BCUT2D eigenvalue weighted by molar-refractivity contribution is -0.0592. The molecular weight excluding hydrogens is 312 g/mol. The Labute approximate surface area is 152 Å². The Morgan fingerprint density at radius 2 is 1.96 bits per heavy atom. The van der Waals surface area contributed by atoms with Crippen LogP contribution in [0.15, 0.2) is 35.4 Å². The molecule has 25 heavy (non-hydrogen) atoms. The van der Waals surface area contributed by atoms with Gasteiger partial charge in [0.25, 0.3) is 0 Å². The van der Waals surface area contributed by atoms with Crippen LogP contribution < -0.4 is 4.74 Å². The molecule has 1 aliphatic rings. The normalized spacial score (nSPS) is 23.0. The minimum Gasteiger partial charge on any atom is -0.508 e.